The quantitative estimate of drug-likeness (QED) is 0.452. The van der Waals surface area contributed by atoms with Gasteiger partial charge in [-0.3, -0.25) is 0 Å². The predicted molar refractivity (Wildman–Crippen MR) is 63.2 cm³/mol. The lowest BCUT2D eigenvalue weighted by atomic mass is 10.1. The van der Waals surface area contributed by atoms with Crippen LogP contribution in [-0.2, 0) is 9.53 Å². The van der Waals surface area contributed by atoms with Crippen LogP contribution in [-0.4, -0.2) is 19.7 Å². The first-order chi connectivity index (χ1) is 8.21. The van der Waals surface area contributed by atoms with Crippen LogP contribution in [0.15, 0.2) is 29.8 Å². The summed E-state index contributed by atoms with van der Waals surface area (Å²) >= 11 is 0. The van der Waals surface area contributed by atoms with Crippen molar-refractivity contribution in [1.29, 1.82) is 5.26 Å². The van der Waals surface area contributed by atoms with E-state index in [2.05, 4.69) is 0 Å². The van der Waals surface area contributed by atoms with Crippen LogP contribution in [0.5, 0.6) is 5.75 Å². The molecule has 0 atom stereocenters. The number of carbonyl (C=O) groups is 1. The average molecular weight is 231 g/mol. The summed E-state index contributed by atoms with van der Waals surface area (Å²) in [6, 6.07) is 8.90. The second-order valence-corrected chi connectivity index (χ2v) is 3.17. The average Bonchev–Trinajstić information content (AvgIpc) is 2.36. The van der Waals surface area contributed by atoms with Gasteiger partial charge in [-0.1, -0.05) is 12.1 Å². The molecule has 0 saturated carbocycles. The Morgan fingerprint density at radius 2 is 2.29 bits per heavy atom. The number of esters is 1. The summed E-state index contributed by atoms with van der Waals surface area (Å²) in [6.45, 7) is 1.94. The predicted octanol–water partition coefficient (Wildman–Crippen LogP) is 2.17. The van der Waals surface area contributed by atoms with Crippen LogP contribution in [0, 0.1) is 11.3 Å². The molecule has 0 aliphatic rings. The van der Waals surface area contributed by atoms with Crippen LogP contribution in [0.2, 0.25) is 0 Å². The minimum Gasteiger partial charge on any atom is -0.497 e. The zero-order valence-electron chi connectivity index (χ0n) is 9.77. The molecule has 0 radical (unpaired) electrons. The van der Waals surface area contributed by atoms with E-state index in [1.807, 2.05) is 6.07 Å². The Bertz CT molecular complexity index is 472. The number of hydrogen-bond acceptors (Lipinski definition) is 4. The van der Waals surface area contributed by atoms with Crippen molar-refractivity contribution < 1.29 is 14.3 Å². The molecule has 0 aliphatic carbocycles. The highest BCUT2D eigenvalue weighted by molar-refractivity contribution is 5.97. The van der Waals surface area contributed by atoms with Crippen molar-refractivity contribution in [2.24, 2.45) is 0 Å². The number of hydrogen-bond donors (Lipinski definition) is 0. The van der Waals surface area contributed by atoms with E-state index in [4.69, 9.17) is 14.7 Å². The van der Waals surface area contributed by atoms with Gasteiger partial charge in [0.1, 0.15) is 17.4 Å². The third kappa shape index (κ3) is 3.65. The highest BCUT2D eigenvalue weighted by Gasteiger charge is 2.09. The highest BCUT2D eigenvalue weighted by atomic mass is 16.5. The first-order valence-corrected chi connectivity index (χ1v) is 5.14. The smallest absolute Gasteiger partial charge is 0.348 e. The number of rotatable bonds is 4. The summed E-state index contributed by atoms with van der Waals surface area (Å²) in [5.41, 5.74) is 0.689. The molecule has 0 N–H and O–H groups in total. The molecule has 0 unspecified atom stereocenters. The maximum Gasteiger partial charge on any atom is 0.348 e. The number of ether oxygens (including phenoxy) is 2. The molecule has 0 fully saturated rings. The summed E-state index contributed by atoms with van der Waals surface area (Å²) in [7, 11) is 1.55. The van der Waals surface area contributed by atoms with E-state index in [9.17, 15) is 4.79 Å². The van der Waals surface area contributed by atoms with Gasteiger partial charge >= 0.3 is 5.97 Å². The van der Waals surface area contributed by atoms with Crippen LogP contribution in [0.25, 0.3) is 6.08 Å². The molecule has 4 heteroatoms. The molecule has 4 nitrogen and oxygen atoms in total. The normalized spacial score (nSPS) is 10.5. The molecular formula is C13H13NO3. The van der Waals surface area contributed by atoms with Gasteiger partial charge in [-0.15, -0.1) is 0 Å². The fraction of sp³-hybridized carbons (Fsp3) is 0.231. The van der Waals surface area contributed by atoms with Crippen molar-refractivity contribution >= 4 is 12.0 Å². The van der Waals surface area contributed by atoms with Crippen LogP contribution < -0.4 is 4.74 Å². The maximum atomic E-state index is 11.4. The number of nitriles is 1. The number of nitrogens with zero attached hydrogens (tertiary/aromatic N) is 1. The summed E-state index contributed by atoms with van der Waals surface area (Å²) in [5.74, 6) is 0.0534. The van der Waals surface area contributed by atoms with E-state index in [-0.39, 0.29) is 12.2 Å². The lowest BCUT2D eigenvalue weighted by molar-refractivity contribution is -0.137. The van der Waals surface area contributed by atoms with Crippen molar-refractivity contribution in [3.8, 4) is 11.8 Å². The lowest BCUT2D eigenvalue weighted by Gasteiger charge is -2.02. The van der Waals surface area contributed by atoms with E-state index in [0.29, 0.717) is 11.3 Å². The first-order valence-electron chi connectivity index (χ1n) is 5.14. The van der Waals surface area contributed by atoms with Crippen molar-refractivity contribution in [2.45, 2.75) is 6.92 Å². The number of carbonyl (C=O) groups excluding carboxylic acids is 1. The van der Waals surface area contributed by atoms with Crippen LogP contribution >= 0.6 is 0 Å². The van der Waals surface area contributed by atoms with E-state index < -0.39 is 5.97 Å². The Hall–Kier alpha value is -2.28. The van der Waals surface area contributed by atoms with Crippen LogP contribution in [0.3, 0.4) is 0 Å². The molecule has 1 aromatic carbocycles. The van der Waals surface area contributed by atoms with Gasteiger partial charge in [0.2, 0.25) is 0 Å². The number of benzene rings is 1. The summed E-state index contributed by atoms with van der Waals surface area (Å²) < 4.78 is 9.81. The van der Waals surface area contributed by atoms with Gasteiger partial charge in [-0.05, 0) is 30.7 Å². The highest BCUT2D eigenvalue weighted by Crippen LogP contribution is 2.15. The van der Waals surface area contributed by atoms with Crippen molar-refractivity contribution in [2.75, 3.05) is 13.7 Å². The molecule has 0 saturated heterocycles. The summed E-state index contributed by atoms with van der Waals surface area (Å²) in [4.78, 5) is 11.4. The van der Waals surface area contributed by atoms with E-state index in [0.717, 1.165) is 0 Å². The summed E-state index contributed by atoms with van der Waals surface area (Å²) in [5, 5.41) is 8.86. The largest absolute Gasteiger partial charge is 0.497 e. The van der Waals surface area contributed by atoms with E-state index in [1.165, 1.54) is 6.08 Å². The van der Waals surface area contributed by atoms with Crippen molar-refractivity contribution in [3.05, 3.63) is 35.4 Å². The van der Waals surface area contributed by atoms with Gasteiger partial charge in [0.05, 0.1) is 13.7 Å². The van der Waals surface area contributed by atoms with Crippen LogP contribution in [0.1, 0.15) is 12.5 Å². The standard InChI is InChI=1S/C13H13NO3/c1-3-17-13(15)11(9-14)7-10-5-4-6-12(8-10)16-2/h4-8H,3H2,1-2H3/b11-7+. The molecule has 17 heavy (non-hydrogen) atoms. The van der Waals surface area contributed by atoms with Crippen molar-refractivity contribution in [3.63, 3.8) is 0 Å². The SMILES string of the molecule is CCOC(=O)/C(C#N)=C/c1cccc(OC)c1. The van der Waals surface area contributed by atoms with E-state index in [1.54, 1.807) is 38.3 Å². The van der Waals surface area contributed by atoms with Crippen LogP contribution in [0.4, 0.5) is 0 Å². The van der Waals surface area contributed by atoms with Gasteiger partial charge in [-0.25, -0.2) is 4.79 Å². The Labute approximate surface area is 100 Å². The molecule has 0 amide bonds. The topological polar surface area (TPSA) is 59.3 Å². The zero-order chi connectivity index (χ0) is 12.7. The molecule has 1 rings (SSSR count). The second-order valence-electron chi connectivity index (χ2n) is 3.17. The monoisotopic (exact) mass is 231 g/mol. The molecule has 0 spiro atoms. The molecular weight excluding hydrogens is 218 g/mol. The second kappa shape index (κ2) is 6.33. The minimum atomic E-state index is -0.613. The fourth-order valence-corrected chi connectivity index (χ4v) is 1.24. The van der Waals surface area contributed by atoms with Gasteiger partial charge in [0, 0.05) is 0 Å². The molecule has 88 valence electrons. The molecule has 0 bridgehead atoms. The van der Waals surface area contributed by atoms with Gasteiger partial charge < -0.3 is 9.47 Å². The first kappa shape index (κ1) is 12.8. The lowest BCUT2D eigenvalue weighted by Crippen LogP contribution is -2.05. The molecule has 0 aliphatic heterocycles. The molecule has 0 aromatic heterocycles. The fourth-order valence-electron chi connectivity index (χ4n) is 1.24. The Morgan fingerprint density at radius 1 is 1.53 bits per heavy atom. The Balaban J connectivity index is 2.98. The molecule has 1 aromatic rings. The summed E-state index contributed by atoms with van der Waals surface area (Å²) in [6.07, 6.45) is 1.47. The van der Waals surface area contributed by atoms with Gasteiger partial charge in [0.15, 0.2) is 0 Å². The van der Waals surface area contributed by atoms with Gasteiger partial charge in [-0.2, -0.15) is 5.26 Å². The Morgan fingerprint density at radius 3 is 2.88 bits per heavy atom. The molecule has 0 heterocycles. The Kier molecular flexibility index (Phi) is 4.77. The maximum absolute atomic E-state index is 11.4. The van der Waals surface area contributed by atoms with E-state index >= 15 is 0 Å². The van der Waals surface area contributed by atoms with Crippen molar-refractivity contribution in [1.82, 2.24) is 0 Å². The zero-order valence-corrected chi connectivity index (χ0v) is 9.77. The third-order valence-corrected chi connectivity index (χ3v) is 2.02. The number of methoxy groups -OCH3 is 1. The third-order valence-electron chi connectivity index (χ3n) is 2.02. The van der Waals surface area contributed by atoms with Gasteiger partial charge in [0.25, 0.3) is 0 Å². The minimum absolute atomic E-state index is 0.0277.